The van der Waals surface area contributed by atoms with Crippen molar-refractivity contribution in [3.8, 4) is 0 Å². The number of aromatic nitrogens is 4. The molecule has 27 heavy (non-hydrogen) atoms. The summed E-state index contributed by atoms with van der Waals surface area (Å²) in [5.74, 6) is 0.0571. The van der Waals surface area contributed by atoms with Crippen LogP contribution in [-0.2, 0) is 23.2 Å². The van der Waals surface area contributed by atoms with Crippen LogP contribution in [0.4, 0.5) is 19.1 Å². The number of alkyl halides is 3. The Balaban J connectivity index is 1.47. The van der Waals surface area contributed by atoms with Gasteiger partial charge in [-0.2, -0.15) is 17.5 Å². The second kappa shape index (κ2) is 6.16. The Labute approximate surface area is 153 Å². The van der Waals surface area contributed by atoms with Crippen LogP contribution in [0.3, 0.4) is 0 Å². The van der Waals surface area contributed by atoms with Crippen molar-refractivity contribution in [1.29, 1.82) is 0 Å². The molecule has 0 aliphatic carbocycles. The first-order valence-corrected chi connectivity index (χ1v) is 9.72. The van der Waals surface area contributed by atoms with Gasteiger partial charge in [0.05, 0.1) is 6.33 Å². The largest absolute Gasteiger partial charge is 0.433 e. The molecule has 0 saturated carbocycles. The van der Waals surface area contributed by atoms with Gasteiger partial charge in [0.2, 0.25) is 5.95 Å². The molecule has 2 atom stereocenters. The topological polar surface area (TPSA) is 84.2 Å². The molecule has 2 fully saturated rings. The highest BCUT2D eigenvalue weighted by Gasteiger charge is 2.45. The second-order valence-corrected chi connectivity index (χ2v) is 8.75. The highest BCUT2D eigenvalue weighted by molar-refractivity contribution is 7.89. The molecule has 8 nitrogen and oxygen atoms in total. The molecule has 0 spiro atoms. The van der Waals surface area contributed by atoms with E-state index in [1.807, 2.05) is 0 Å². The third-order valence-electron chi connectivity index (χ3n) is 4.95. The number of sulfonamides is 1. The number of hydrogen-bond donors (Lipinski definition) is 0. The third kappa shape index (κ3) is 3.27. The SMILES string of the molecule is Cn1cnc(S(=O)(=O)N2CC3CN(c4nccc(C(F)(F)F)n4)CC3C2)c1. The lowest BCUT2D eigenvalue weighted by Gasteiger charge is -2.21. The van der Waals surface area contributed by atoms with Crippen LogP contribution in [0, 0.1) is 11.8 Å². The van der Waals surface area contributed by atoms with Gasteiger partial charge in [0, 0.05) is 45.6 Å². The van der Waals surface area contributed by atoms with Crippen LogP contribution in [0.2, 0.25) is 0 Å². The number of anilines is 1. The van der Waals surface area contributed by atoms with Crippen LogP contribution >= 0.6 is 0 Å². The van der Waals surface area contributed by atoms with Gasteiger partial charge in [0.15, 0.2) is 5.03 Å². The molecule has 4 rings (SSSR count). The first kappa shape index (κ1) is 18.2. The van der Waals surface area contributed by atoms with Crippen LogP contribution in [0.1, 0.15) is 5.69 Å². The first-order valence-electron chi connectivity index (χ1n) is 8.28. The maximum atomic E-state index is 12.8. The Morgan fingerprint density at radius 2 is 1.78 bits per heavy atom. The average molecular weight is 402 g/mol. The molecular formula is C15H17F3N6O2S. The molecule has 2 aliphatic heterocycles. The summed E-state index contributed by atoms with van der Waals surface area (Å²) in [5, 5.41) is 0.00282. The fourth-order valence-corrected chi connectivity index (χ4v) is 5.14. The van der Waals surface area contributed by atoms with Crippen molar-refractivity contribution in [2.75, 3.05) is 31.1 Å². The summed E-state index contributed by atoms with van der Waals surface area (Å²) >= 11 is 0. The summed E-state index contributed by atoms with van der Waals surface area (Å²) in [6.45, 7) is 1.44. The zero-order valence-corrected chi connectivity index (χ0v) is 15.2. The second-order valence-electron chi connectivity index (χ2n) is 6.86. The van der Waals surface area contributed by atoms with E-state index < -0.39 is 21.9 Å². The van der Waals surface area contributed by atoms with Gasteiger partial charge >= 0.3 is 6.18 Å². The molecule has 12 heteroatoms. The molecule has 146 valence electrons. The van der Waals surface area contributed by atoms with Gasteiger partial charge in [-0.1, -0.05) is 0 Å². The smallest absolute Gasteiger partial charge is 0.340 e. The highest BCUT2D eigenvalue weighted by atomic mass is 32.2. The van der Waals surface area contributed by atoms with E-state index in [-0.39, 0.29) is 22.8 Å². The minimum Gasteiger partial charge on any atom is -0.340 e. The third-order valence-corrected chi connectivity index (χ3v) is 6.67. The van der Waals surface area contributed by atoms with Crippen LogP contribution < -0.4 is 4.90 Å². The number of fused-ring (bicyclic) bond motifs is 1. The number of rotatable bonds is 3. The van der Waals surface area contributed by atoms with Crippen LogP contribution in [0.25, 0.3) is 0 Å². The monoisotopic (exact) mass is 402 g/mol. The Kier molecular flexibility index (Phi) is 4.14. The van der Waals surface area contributed by atoms with Gasteiger partial charge in [0.1, 0.15) is 5.69 Å². The van der Waals surface area contributed by atoms with Gasteiger partial charge in [-0.25, -0.2) is 23.4 Å². The molecule has 2 aromatic heterocycles. The molecule has 0 N–H and O–H groups in total. The first-order chi connectivity index (χ1) is 12.6. The Morgan fingerprint density at radius 1 is 1.11 bits per heavy atom. The van der Waals surface area contributed by atoms with E-state index in [1.54, 1.807) is 16.5 Å². The summed E-state index contributed by atoms with van der Waals surface area (Å²) in [7, 11) is -1.97. The summed E-state index contributed by atoms with van der Waals surface area (Å²) < 4.78 is 66.8. The van der Waals surface area contributed by atoms with E-state index in [4.69, 9.17) is 0 Å². The number of imidazole rings is 1. The molecule has 0 amide bonds. The van der Waals surface area contributed by atoms with Crippen molar-refractivity contribution >= 4 is 16.0 Å². The number of aryl methyl sites for hydroxylation is 1. The lowest BCUT2D eigenvalue weighted by atomic mass is 10.0. The number of hydrogen-bond acceptors (Lipinski definition) is 6. The van der Waals surface area contributed by atoms with E-state index in [0.29, 0.717) is 26.2 Å². The van der Waals surface area contributed by atoms with Gasteiger partial charge in [-0.3, -0.25) is 0 Å². The standard InChI is InChI=1S/C15H17F3N6O2S/c1-22-8-13(20-9-22)27(25,26)24-6-10-4-23(5-11(10)7-24)14-19-3-2-12(21-14)15(16,17)18/h2-3,8-11H,4-7H2,1H3. The van der Waals surface area contributed by atoms with E-state index in [1.165, 1.54) is 16.8 Å². The predicted molar refractivity (Wildman–Crippen MR) is 88.2 cm³/mol. The van der Waals surface area contributed by atoms with Gasteiger partial charge in [-0.15, -0.1) is 0 Å². The normalized spacial score (nSPS) is 23.8. The highest BCUT2D eigenvalue weighted by Crippen LogP contribution is 2.36. The van der Waals surface area contributed by atoms with Crippen molar-refractivity contribution in [1.82, 2.24) is 23.8 Å². The van der Waals surface area contributed by atoms with E-state index in [0.717, 1.165) is 12.3 Å². The molecule has 2 aliphatic rings. The minimum atomic E-state index is -4.53. The fourth-order valence-electron chi connectivity index (χ4n) is 3.62. The summed E-state index contributed by atoms with van der Waals surface area (Å²) in [4.78, 5) is 13.2. The summed E-state index contributed by atoms with van der Waals surface area (Å²) in [6, 6.07) is 0.835. The lowest BCUT2D eigenvalue weighted by Crippen LogP contribution is -2.34. The van der Waals surface area contributed by atoms with Crippen molar-refractivity contribution in [2.45, 2.75) is 11.2 Å². The minimum absolute atomic E-state index is 0.00282. The zero-order chi connectivity index (χ0) is 19.4. The summed E-state index contributed by atoms with van der Waals surface area (Å²) in [6.07, 6.45) is -0.555. The van der Waals surface area contributed by atoms with Crippen molar-refractivity contribution < 1.29 is 21.6 Å². The van der Waals surface area contributed by atoms with Crippen molar-refractivity contribution in [3.05, 3.63) is 30.5 Å². The Morgan fingerprint density at radius 3 is 2.33 bits per heavy atom. The van der Waals surface area contributed by atoms with Crippen LogP contribution in [-0.4, -0.2) is 58.4 Å². The molecule has 0 aromatic carbocycles. The van der Waals surface area contributed by atoms with Crippen molar-refractivity contribution in [2.24, 2.45) is 18.9 Å². The molecule has 2 aromatic rings. The predicted octanol–water partition coefficient (Wildman–Crippen LogP) is 0.986. The summed E-state index contributed by atoms with van der Waals surface area (Å²) in [5.41, 5.74) is -0.982. The lowest BCUT2D eigenvalue weighted by molar-refractivity contribution is -0.141. The van der Waals surface area contributed by atoms with Gasteiger partial charge < -0.3 is 9.47 Å². The Bertz CT molecular complexity index is 946. The van der Waals surface area contributed by atoms with E-state index in [2.05, 4.69) is 15.0 Å². The Hall–Kier alpha value is -2.21. The quantitative estimate of drug-likeness (QED) is 0.761. The van der Waals surface area contributed by atoms with Crippen LogP contribution in [0.5, 0.6) is 0 Å². The molecule has 0 bridgehead atoms. The molecule has 2 unspecified atom stereocenters. The average Bonchev–Trinajstić information content (AvgIpc) is 3.28. The van der Waals surface area contributed by atoms with Gasteiger partial charge in [-0.05, 0) is 17.9 Å². The van der Waals surface area contributed by atoms with E-state index in [9.17, 15) is 21.6 Å². The molecule has 4 heterocycles. The maximum absolute atomic E-state index is 12.8. The number of nitrogens with zero attached hydrogens (tertiary/aromatic N) is 6. The molecule has 0 radical (unpaired) electrons. The van der Waals surface area contributed by atoms with Crippen LogP contribution in [0.15, 0.2) is 29.8 Å². The maximum Gasteiger partial charge on any atom is 0.433 e. The number of halogens is 3. The fraction of sp³-hybridized carbons (Fsp3) is 0.533. The van der Waals surface area contributed by atoms with E-state index >= 15 is 0 Å². The molecule has 2 saturated heterocycles. The zero-order valence-electron chi connectivity index (χ0n) is 14.3. The molecular weight excluding hydrogens is 385 g/mol. The van der Waals surface area contributed by atoms with Gasteiger partial charge in [0.25, 0.3) is 10.0 Å². The van der Waals surface area contributed by atoms with Crippen molar-refractivity contribution in [3.63, 3.8) is 0 Å².